The summed E-state index contributed by atoms with van der Waals surface area (Å²) in [6.07, 6.45) is -0.197. The van der Waals surface area contributed by atoms with Crippen molar-refractivity contribution >= 4 is 21.2 Å². The average Bonchev–Trinajstić information content (AvgIpc) is 2.18. The summed E-state index contributed by atoms with van der Waals surface area (Å²) in [5.41, 5.74) is -0.583. The Morgan fingerprint density at radius 3 is 2.20 bits per heavy atom. The summed E-state index contributed by atoms with van der Waals surface area (Å²) in [7, 11) is -8.11. The number of esters is 1. The fourth-order valence-electron chi connectivity index (χ4n) is 1.61. The molecule has 0 radical (unpaired) electrons. The molecule has 1 saturated heterocycles. The van der Waals surface area contributed by atoms with Gasteiger partial charge in [0.1, 0.15) is 12.6 Å². The van der Waals surface area contributed by atoms with E-state index in [2.05, 4.69) is 4.31 Å². The van der Waals surface area contributed by atoms with E-state index in [1.807, 2.05) is 0 Å². The molecule has 0 saturated carbocycles. The van der Waals surface area contributed by atoms with Crippen LogP contribution in [0.25, 0.3) is 0 Å². The van der Waals surface area contributed by atoms with Crippen LogP contribution in [0.3, 0.4) is 0 Å². The van der Waals surface area contributed by atoms with Crippen molar-refractivity contribution in [2.75, 3.05) is 25.7 Å². The van der Waals surface area contributed by atoms with Gasteiger partial charge in [-0.25, -0.2) is 4.31 Å². The Hall–Kier alpha value is -0.230. The predicted octanol–water partition coefficient (Wildman–Crippen LogP) is 1.58. The number of ether oxygens (including phenoxy) is 1. The minimum absolute atomic E-state index is 0.152. The number of carbonyl (C=O) groups excluding carboxylic acids is 1. The maximum absolute atomic E-state index is 11.5. The van der Waals surface area contributed by atoms with Gasteiger partial charge >= 0.3 is 21.2 Å². The molecule has 2 atom stereocenters. The fourth-order valence-corrected chi connectivity index (χ4v) is 5.27. The van der Waals surface area contributed by atoms with E-state index in [1.54, 1.807) is 20.8 Å². The first-order chi connectivity index (χ1) is 8.91. The molecule has 0 aliphatic carbocycles. The lowest BCUT2D eigenvalue weighted by Gasteiger charge is -2.31. The molecular formula is C10H21NO7P2. The molecule has 2 N–H and O–H groups in total. The van der Waals surface area contributed by atoms with E-state index in [-0.39, 0.29) is 31.7 Å². The lowest BCUT2D eigenvalue weighted by Crippen LogP contribution is -2.32. The molecule has 1 rings (SSSR count). The van der Waals surface area contributed by atoms with Crippen molar-refractivity contribution in [1.82, 2.24) is 4.90 Å². The van der Waals surface area contributed by atoms with Gasteiger partial charge in [-0.1, -0.05) is 0 Å². The van der Waals surface area contributed by atoms with E-state index >= 15 is 0 Å². The summed E-state index contributed by atoms with van der Waals surface area (Å²) in [6, 6.07) is 0. The first-order valence-electron chi connectivity index (χ1n) is 6.16. The number of carbonyl (C=O) groups is 1. The lowest BCUT2D eigenvalue weighted by atomic mass is 9.97. The fraction of sp³-hybridized carbons (Fsp3) is 0.900. The second kappa shape index (κ2) is 6.26. The highest BCUT2D eigenvalue weighted by molar-refractivity contribution is 7.66. The Labute approximate surface area is 118 Å². The summed E-state index contributed by atoms with van der Waals surface area (Å²) >= 11 is 0. The van der Waals surface area contributed by atoms with Crippen LogP contribution in [0.2, 0.25) is 0 Å². The van der Waals surface area contributed by atoms with E-state index in [9.17, 15) is 23.7 Å². The number of nitrogens with zero attached hydrogens (tertiary/aromatic N) is 1. The highest BCUT2D eigenvalue weighted by atomic mass is 31.3. The summed E-state index contributed by atoms with van der Waals surface area (Å²) in [5, 5.41) is 0. The molecule has 1 aliphatic rings. The van der Waals surface area contributed by atoms with Crippen LogP contribution in [0.15, 0.2) is 0 Å². The van der Waals surface area contributed by atoms with Gasteiger partial charge in [-0.15, -0.1) is 0 Å². The Bertz CT molecular complexity index is 435. The van der Waals surface area contributed by atoms with Crippen LogP contribution in [0.5, 0.6) is 0 Å². The maximum atomic E-state index is 11.5. The zero-order valence-corrected chi connectivity index (χ0v) is 13.6. The molecule has 0 aromatic rings. The van der Waals surface area contributed by atoms with Crippen molar-refractivity contribution in [3.05, 3.63) is 0 Å². The third kappa shape index (κ3) is 6.04. The molecule has 0 amide bonds. The van der Waals surface area contributed by atoms with E-state index in [1.165, 1.54) is 4.90 Å². The number of rotatable bonds is 4. The van der Waals surface area contributed by atoms with Gasteiger partial charge in [-0.3, -0.25) is 18.8 Å². The summed E-state index contributed by atoms with van der Waals surface area (Å²) < 4.78 is 32.1. The zero-order chi connectivity index (χ0) is 15.6. The molecule has 1 aliphatic heterocycles. The van der Waals surface area contributed by atoms with Gasteiger partial charge < -0.3 is 14.5 Å². The Kier molecular flexibility index (Phi) is 5.58. The molecule has 118 valence electrons. The van der Waals surface area contributed by atoms with Crippen LogP contribution in [0.4, 0.5) is 0 Å². The lowest BCUT2D eigenvalue weighted by molar-refractivity contribution is -0.153. The van der Waals surface area contributed by atoms with Gasteiger partial charge in [0.15, 0.2) is 0 Å². The van der Waals surface area contributed by atoms with E-state index in [0.717, 1.165) is 0 Å². The molecule has 0 bridgehead atoms. The Morgan fingerprint density at radius 1 is 1.25 bits per heavy atom. The van der Waals surface area contributed by atoms with Crippen LogP contribution in [0, 0.1) is 5.41 Å². The summed E-state index contributed by atoms with van der Waals surface area (Å²) in [5.74, 6) is -0.333. The minimum atomic E-state index is -4.05. The normalized spacial score (nSPS) is 32.0. The topological polar surface area (TPSA) is 113 Å². The van der Waals surface area contributed by atoms with Crippen LogP contribution in [0.1, 0.15) is 27.2 Å². The zero-order valence-electron chi connectivity index (χ0n) is 11.8. The molecule has 1 fully saturated rings. The Morgan fingerprint density at radius 2 is 1.75 bits per heavy atom. The smallest absolute Gasteiger partial charge is 0.349 e. The number of hydrogen-bond donors (Lipinski definition) is 2. The van der Waals surface area contributed by atoms with E-state index in [0.29, 0.717) is 6.42 Å². The summed E-state index contributed by atoms with van der Waals surface area (Å²) in [6.45, 7) is 5.64. The molecule has 8 nitrogen and oxygen atoms in total. The third-order valence-electron chi connectivity index (χ3n) is 2.48. The molecule has 1 heterocycles. The van der Waals surface area contributed by atoms with Crippen molar-refractivity contribution < 1.29 is 32.8 Å². The molecule has 10 heteroatoms. The van der Waals surface area contributed by atoms with E-state index in [4.69, 9.17) is 4.74 Å². The first-order valence-corrected chi connectivity index (χ1v) is 9.68. The second-order valence-electron chi connectivity index (χ2n) is 5.77. The van der Waals surface area contributed by atoms with Crippen molar-refractivity contribution in [2.24, 2.45) is 5.41 Å². The van der Waals surface area contributed by atoms with Crippen LogP contribution in [-0.2, 0) is 23.0 Å². The Balaban J connectivity index is 2.37. The highest BCUT2D eigenvalue weighted by Gasteiger charge is 2.41. The molecular weight excluding hydrogens is 308 g/mol. The quantitative estimate of drug-likeness (QED) is 0.454. The van der Waals surface area contributed by atoms with Crippen molar-refractivity contribution in [2.45, 2.75) is 27.2 Å². The molecule has 0 aromatic carbocycles. The van der Waals surface area contributed by atoms with Crippen molar-refractivity contribution in [1.29, 1.82) is 0 Å². The van der Waals surface area contributed by atoms with Crippen LogP contribution >= 0.6 is 15.2 Å². The van der Waals surface area contributed by atoms with Crippen LogP contribution in [-0.4, -0.2) is 46.4 Å². The number of hydrogen-bond acceptors (Lipinski definition) is 6. The predicted molar refractivity (Wildman–Crippen MR) is 72.2 cm³/mol. The van der Waals surface area contributed by atoms with Gasteiger partial charge in [0.2, 0.25) is 0 Å². The SMILES string of the molecule is CC(C)(C)C(=O)OCCCN1CP(=O)(O)OP(=O)(O)C1. The highest BCUT2D eigenvalue weighted by Crippen LogP contribution is 2.63. The van der Waals surface area contributed by atoms with Gasteiger partial charge in [0.25, 0.3) is 0 Å². The average molecular weight is 329 g/mol. The largest absolute Gasteiger partial charge is 0.465 e. The van der Waals surface area contributed by atoms with Crippen molar-refractivity contribution in [3.63, 3.8) is 0 Å². The van der Waals surface area contributed by atoms with Crippen molar-refractivity contribution in [3.8, 4) is 0 Å². The van der Waals surface area contributed by atoms with Gasteiger partial charge in [-0.05, 0) is 27.2 Å². The van der Waals surface area contributed by atoms with Gasteiger partial charge in [0.05, 0.1) is 12.0 Å². The second-order valence-corrected chi connectivity index (χ2v) is 9.54. The summed E-state index contributed by atoms with van der Waals surface area (Å²) in [4.78, 5) is 31.5. The van der Waals surface area contributed by atoms with Gasteiger partial charge in [0, 0.05) is 6.54 Å². The standard InChI is InChI=1S/C10H21NO7P2/c1-10(2,3)9(12)17-6-4-5-11-7-19(13,14)18-20(15,16)8-11/h4-8H2,1-3H3,(H,13,14)(H,15,16). The molecule has 0 aromatic heterocycles. The maximum Gasteiger partial charge on any atom is 0.349 e. The van der Waals surface area contributed by atoms with Crippen LogP contribution < -0.4 is 0 Å². The first kappa shape index (κ1) is 17.8. The monoisotopic (exact) mass is 329 g/mol. The third-order valence-corrected chi connectivity index (χ3v) is 6.03. The van der Waals surface area contributed by atoms with Gasteiger partial charge in [-0.2, -0.15) is 0 Å². The molecule has 0 spiro atoms. The van der Waals surface area contributed by atoms with E-state index < -0.39 is 20.6 Å². The molecule has 2 unspecified atom stereocenters. The molecule has 20 heavy (non-hydrogen) atoms. The minimum Gasteiger partial charge on any atom is -0.465 e.